The molecule has 0 spiro atoms. The van der Waals surface area contributed by atoms with Crippen LogP contribution in [0.2, 0.25) is 0 Å². The van der Waals surface area contributed by atoms with E-state index in [0.29, 0.717) is 12.8 Å². The molecule has 2 aromatic rings. The molecule has 1 fully saturated rings. The third kappa shape index (κ3) is 3.19. The predicted molar refractivity (Wildman–Crippen MR) is 92.7 cm³/mol. The van der Waals surface area contributed by atoms with Crippen molar-refractivity contribution in [2.24, 2.45) is 11.8 Å². The van der Waals surface area contributed by atoms with Gasteiger partial charge in [0, 0.05) is 5.56 Å². The summed E-state index contributed by atoms with van der Waals surface area (Å²) in [5.74, 6) is -2.00. The molecule has 2 N–H and O–H groups in total. The van der Waals surface area contributed by atoms with Gasteiger partial charge in [0.15, 0.2) is 0 Å². The summed E-state index contributed by atoms with van der Waals surface area (Å²) in [5.41, 5.74) is 1.95. The molecule has 0 bridgehead atoms. The topological polar surface area (TPSA) is 79.3 Å². The van der Waals surface area contributed by atoms with Gasteiger partial charge in [-0.05, 0) is 26.7 Å². The zero-order valence-electron chi connectivity index (χ0n) is 13.7. The maximum atomic E-state index is 12.3. The van der Waals surface area contributed by atoms with Gasteiger partial charge in [-0.25, -0.2) is 4.98 Å². The Morgan fingerprint density at radius 3 is 2.50 bits per heavy atom. The van der Waals surface area contributed by atoms with Crippen molar-refractivity contribution in [2.45, 2.75) is 32.7 Å². The lowest BCUT2D eigenvalue weighted by molar-refractivity contribution is -0.152. The minimum absolute atomic E-state index is 0.171. The van der Waals surface area contributed by atoms with Crippen LogP contribution in [-0.2, 0) is 9.59 Å². The fourth-order valence-corrected chi connectivity index (χ4v) is 4.08. The molecule has 1 amide bonds. The van der Waals surface area contributed by atoms with Gasteiger partial charge >= 0.3 is 5.97 Å². The summed E-state index contributed by atoms with van der Waals surface area (Å²) < 4.78 is 0. The van der Waals surface area contributed by atoms with Crippen LogP contribution in [0.15, 0.2) is 30.3 Å². The van der Waals surface area contributed by atoms with Crippen LogP contribution in [-0.4, -0.2) is 22.0 Å². The Morgan fingerprint density at radius 1 is 1.25 bits per heavy atom. The molecular formula is C18H20N2O3S. The molecule has 24 heavy (non-hydrogen) atoms. The largest absolute Gasteiger partial charge is 0.481 e. The fourth-order valence-electron chi connectivity index (χ4n) is 3.01. The van der Waals surface area contributed by atoms with Crippen LogP contribution >= 0.6 is 11.3 Å². The molecule has 0 aliphatic heterocycles. The zero-order chi connectivity index (χ0) is 17.3. The molecule has 0 saturated heterocycles. The Bertz CT molecular complexity index is 757. The molecule has 3 unspecified atom stereocenters. The number of hydrogen-bond acceptors (Lipinski definition) is 4. The number of nitrogens with zero attached hydrogens (tertiary/aromatic N) is 1. The van der Waals surface area contributed by atoms with E-state index in [1.807, 2.05) is 44.2 Å². The van der Waals surface area contributed by atoms with E-state index in [1.54, 1.807) is 11.3 Å². The second-order valence-electron chi connectivity index (χ2n) is 6.19. The van der Waals surface area contributed by atoms with Gasteiger partial charge in [-0.15, -0.1) is 11.3 Å². The fraction of sp³-hybridized carbons (Fsp3) is 0.389. The third-order valence-electron chi connectivity index (χ3n) is 4.53. The van der Waals surface area contributed by atoms with Crippen LogP contribution in [0.1, 0.15) is 36.4 Å². The number of aliphatic carboxylic acids is 1. The molecule has 3 rings (SSSR count). The van der Waals surface area contributed by atoms with E-state index in [1.165, 1.54) is 0 Å². The van der Waals surface area contributed by atoms with Crippen LogP contribution in [0.5, 0.6) is 0 Å². The summed E-state index contributed by atoms with van der Waals surface area (Å²) in [5, 5.41) is 13.0. The molecule has 1 aromatic heterocycles. The van der Waals surface area contributed by atoms with E-state index in [2.05, 4.69) is 10.3 Å². The monoisotopic (exact) mass is 344 g/mol. The van der Waals surface area contributed by atoms with Crippen LogP contribution in [0.3, 0.4) is 0 Å². The van der Waals surface area contributed by atoms with Gasteiger partial charge in [-0.3, -0.25) is 9.59 Å². The first kappa shape index (κ1) is 16.6. The number of benzene rings is 1. The maximum Gasteiger partial charge on any atom is 0.307 e. The van der Waals surface area contributed by atoms with E-state index >= 15 is 0 Å². The molecule has 126 valence electrons. The van der Waals surface area contributed by atoms with E-state index in [-0.39, 0.29) is 11.9 Å². The average Bonchev–Trinajstić information content (AvgIpc) is 2.88. The lowest BCUT2D eigenvalue weighted by atomic mass is 9.73. The van der Waals surface area contributed by atoms with E-state index < -0.39 is 17.8 Å². The van der Waals surface area contributed by atoms with Crippen molar-refractivity contribution < 1.29 is 14.7 Å². The van der Waals surface area contributed by atoms with Gasteiger partial charge in [0.1, 0.15) is 5.01 Å². The van der Waals surface area contributed by atoms with E-state index in [9.17, 15) is 9.59 Å². The molecule has 1 aliphatic carbocycles. The highest BCUT2D eigenvalue weighted by Crippen LogP contribution is 2.36. The van der Waals surface area contributed by atoms with Gasteiger partial charge < -0.3 is 10.4 Å². The van der Waals surface area contributed by atoms with E-state index in [4.69, 9.17) is 5.11 Å². The molecule has 3 atom stereocenters. The molecule has 1 aromatic carbocycles. The number of hydrogen-bond donors (Lipinski definition) is 2. The zero-order valence-corrected chi connectivity index (χ0v) is 14.5. The first-order valence-electron chi connectivity index (χ1n) is 8.03. The number of thiazole rings is 1. The van der Waals surface area contributed by atoms with Crippen molar-refractivity contribution >= 4 is 23.2 Å². The quantitative estimate of drug-likeness (QED) is 0.871. The molecular weight excluding hydrogens is 324 g/mol. The van der Waals surface area contributed by atoms with Crippen molar-refractivity contribution in [3.63, 3.8) is 0 Å². The van der Waals surface area contributed by atoms with Crippen molar-refractivity contribution in [3.05, 3.63) is 40.9 Å². The Labute approximate surface area is 144 Å². The number of rotatable bonds is 5. The average molecular weight is 344 g/mol. The summed E-state index contributed by atoms with van der Waals surface area (Å²) in [7, 11) is 0. The van der Waals surface area contributed by atoms with E-state index in [0.717, 1.165) is 21.1 Å². The molecule has 5 nitrogen and oxygen atoms in total. The van der Waals surface area contributed by atoms with Crippen LogP contribution in [0, 0.1) is 18.8 Å². The van der Waals surface area contributed by atoms with Gasteiger partial charge in [0.2, 0.25) is 5.91 Å². The summed E-state index contributed by atoms with van der Waals surface area (Å²) in [4.78, 5) is 29.0. The highest BCUT2D eigenvalue weighted by Gasteiger charge is 2.41. The van der Waals surface area contributed by atoms with Crippen molar-refractivity contribution in [1.29, 1.82) is 0 Å². The lowest BCUT2D eigenvalue weighted by Gasteiger charge is -2.32. The predicted octanol–water partition coefficient (Wildman–Crippen LogP) is 3.41. The highest BCUT2D eigenvalue weighted by molar-refractivity contribution is 7.15. The van der Waals surface area contributed by atoms with Crippen LogP contribution < -0.4 is 5.32 Å². The number of amides is 1. The second-order valence-corrected chi connectivity index (χ2v) is 7.22. The van der Waals surface area contributed by atoms with Gasteiger partial charge in [0.25, 0.3) is 0 Å². The number of aryl methyl sites for hydroxylation is 1. The number of carboxylic acid groups (broad SMARTS) is 1. The molecule has 1 aliphatic rings. The third-order valence-corrected chi connectivity index (χ3v) is 5.92. The van der Waals surface area contributed by atoms with Crippen LogP contribution in [0.4, 0.5) is 0 Å². The molecule has 0 radical (unpaired) electrons. The van der Waals surface area contributed by atoms with Crippen molar-refractivity contribution in [2.75, 3.05) is 0 Å². The first-order valence-corrected chi connectivity index (χ1v) is 8.85. The Morgan fingerprint density at radius 2 is 1.92 bits per heavy atom. The number of aromatic nitrogens is 1. The van der Waals surface area contributed by atoms with Crippen molar-refractivity contribution in [1.82, 2.24) is 10.3 Å². The highest BCUT2D eigenvalue weighted by atomic mass is 32.1. The number of carbonyl (C=O) groups excluding carboxylic acids is 1. The van der Waals surface area contributed by atoms with Crippen molar-refractivity contribution in [3.8, 4) is 10.6 Å². The summed E-state index contributed by atoms with van der Waals surface area (Å²) in [6, 6.07) is 9.75. The van der Waals surface area contributed by atoms with Gasteiger partial charge in [0.05, 0.1) is 28.4 Å². The van der Waals surface area contributed by atoms with Crippen LogP contribution in [0.25, 0.3) is 10.6 Å². The number of carbonyl (C=O) groups is 2. The molecule has 1 heterocycles. The number of carboxylic acids is 1. The molecule has 1 saturated carbocycles. The SMILES string of the molecule is Cc1nc(-c2ccccc2)sc1C(C)NC(=O)C1CCC1C(=O)O. The lowest BCUT2D eigenvalue weighted by Crippen LogP contribution is -2.44. The normalized spacial score (nSPS) is 20.9. The van der Waals surface area contributed by atoms with Gasteiger partial charge in [-0.1, -0.05) is 30.3 Å². The standard InChI is InChI=1S/C18H20N2O3S/c1-10(19-16(21)13-8-9-14(13)18(22)23)15-11(2)20-17(24-15)12-6-4-3-5-7-12/h3-7,10,13-14H,8-9H2,1-2H3,(H,19,21)(H,22,23). The summed E-state index contributed by atoms with van der Waals surface area (Å²) in [6.45, 7) is 3.85. The maximum absolute atomic E-state index is 12.3. The molecule has 6 heteroatoms. The van der Waals surface area contributed by atoms with Gasteiger partial charge in [-0.2, -0.15) is 0 Å². The minimum atomic E-state index is -0.880. The Kier molecular flexibility index (Phi) is 4.66. The number of nitrogens with one attached hydrogen (secondary N) is 1. The Hall–Kier alpha value is -2.21. The second kappa shape index (κ2) is 6.73. The minimum Gasteiger partial charge on any atom is -0.481 e. The summed E-state index contributed by atoms with van der Waals surface area (Å²) >= 11 is 1.56. The first-order chi connectivity index (χ1) is 11.5. The Balaban J connectivity index is 1.71. The smallest absolute Gasteiger partial charge is 0.307 e. The summed E-state index contributed by atoms with van der Waals surface area (Å²) in [6.07, 6.45) is 1.23.